The minimum atomic E-state index is -2.01. The topological polar surface area (TPSA) is 107 Å². The van der Waals surface area contributed by atoms with Crippen LogP contribution in [0.1, 0.15) is 39.5 Å². The summed E-state index contributed by atoms with van der Waals surface area (Å²) in [5.74, 6) is -2.26. The van der Waals surface area contributed by atoms with Crippen molar-refractivity contribution in [3.63, 3.8) is 0 Å². The van der Waals surface area contributed by atoms with Gasteiger partial charge in [0.1, 0.15) is 5.60 Å². The van der Waals surface area contributed by atoms with Gasteiger partial charge < -0.3 is 20.1 Å². The fraction of sp³-hybridized carbons (Fsp3) is 0.714. The number of halogens is 1. The van der Waals surface area contributed by atoms with E-state index in [1.807, 2.05) is 0 Å². The molecule has 8 atom stereocenters. The lowest BCUT2D eigenvalue weighted by Crippen LogP contribution is -2.68. The summed E-state index contributed by atoms with van der Waals surface area (Å²) >= 11 is 0. The van der Waals surface area contributed by atoms with Gasteiger partial charge in [0.2, 0.25) is 5.60 Å². The van der Waals surface area contributed by atoms with Crippen molar-refractivity contribution in [2.24, 2.45) is 22.7 Å². The Bertz CT molecular complexity index is 867. The third-order valence-corrected chi connectivity index (χ3v) is 8.89. The van der Waals surface area contributed by atoms with Crippen LogP contribution in [0.3, 0.4) is 0 Å². The Labute approximate surface area is 162 Å². The van der Waals surface area contributed by atoms with Crippen LogP contribution in [0, 0.1) is 22.7 Å². The van der Waals surface area contributed by atoms with Crippen LogP contribution in [0.25, 0.3) is 0 Å². The molecule has 28 heavy (non-hydrogen) atoms. The van der Waals surface area contributed by atoms with Crippen LogP contribution in [0.2, 0.25) is 0 Å². The first-order chi connectivity index (χ1) is 13.0. The van der Waals surface area contributed by atoms with Gasteiger partial charge in [-0.15, -0.1) is 0 Å². The third kappa shape index (κ3) is 1.60. The fourth-order valence-electron chi connectivity index (χ4n) is 7.48. The van der Waals surface area contributed by atoms with Crippen LogP contribution in [0.15, 0.2) is 23.8 Å². The minimum Gasteiger partial charge on any atom is -0.479 e. The molecule has 0 aromatic rings. The molecule has 0 spiro atoms. The number of aliphatic carboxylic acids is 1. The van der Waals surface area contributed by atoms with Gasteiger partial charge in [-0.05, 0) is 50.7 Å². The Hall–Kier alpha value is -1.57. The summed E-state index contributed by atoms with van der Waals surface area (Å²) in [7, 11) is 0. The van der Waals surface area contributed by atoms with Gasteiger partial charge in [-0.3, -0.25) is 4.79 Å². The number of carbonyl (C=O) groups is 2. The number of rotatable bonds is 2. The molecule has 1 aliphatic heterocycles. The predicted molar refractivity (Wildman–Crippen MR) is 95.0 cm³/mol. The fourth-order valence-corrected chi connectivity index (χ4v) is 7.48. The first-order valence-corrected chi connectivity index (χ1v) is 9.88. The summed E-state index contributed by atoms with van der Waals surface area (Å²) in [6, 6.07) is 0. The summed E-state index contributed by atoms with van der Waals surface area (Å²) in [5.41, 5.74) is -6.21. The number of fused-ring (bicyclic) bond motifs is 7. The second kappa shape index (κ2) is 4.94. The van der Waals surface area contributed by atoms with Crippen molar-refractivity contribution in [2.45, 2.75) is 62.5 Å². The Morgan fingerprint density at radius 1 is 1.32 bits per heavy atom. The van der Waals surface area contributed by atoms with Crippen molar-refractivity contribution in [1.29, 1.82) is 0 Å². The van der Waals surface area contributed by atoms with Gasteiger partial charge in [0.05, 0.1) is 12.7 Å². The standard InChI is InChI=1S/C21H25FO6/c1-17-6-5-12(24)7-11(17)3-4-13-14-8-19(10-23)21(28-19,16(26)27)18(14,2)9-15(25)20(13,17)22/h5-7,13-15,23,25H,3-4,8-10H2,1-2H3,(H,26,27)/t13-,14-,15-,17-,18-,19-,20-,21-/m0/s1. The highest BCUT2D eigenvalue weighted by Gasteiger charge is 2.90. The zero-order chi connectivity index (χ0) is 20.3. The quantitative estimate of drug-likeness (QED) is 0.616. The second-order valence-electron chi connectivity index (χ2n) is 9.71. The maximum absolute atomic E-state index is 16.9. The molecular weight excluding hydrogens is 367 g/mol. The minimum absolute atomic E-state index is 0.0661. The van der Waals surface area contributed by atoms with Crippen molar-refractivity contribution in [3.8, 4) is 0 Å². The number of aliphatic hydroxyl groups excluding tert-OH is 2. The average molecular weight is 392 g/mol. The summed E-state index contributed by atoms with van der Waals surface area (Å²) in [6.07, 6.45) is 4.14. The van der Waals surface area contributed by atoms with Gasteiger partial charge in [0.15, 0.2) is 11.5 Å². The van der Waals surface area contributed by atoms with E-state index < -0.39 is 52.3 Å². The second-order valence-corrected chi connectivity index (χ2v) is 9.71. The number of ether oxygens (including phenoxy) is 1. The van der Waals surface area contributed by atoms with Crippen molar-refractivity contribution in [3.05, 3.63) is 23.8 Å². The van der Waals surface area contributed by atoms with E-state index in [2.05, 4.69) is 0 Å². The maximum atomic E-state index is 16.9. The molecular formula is C21H25FO6. The number of epoxide rings is 1. The highest BCUT2D eigenvalue weighted by molar-refractivity contribution is 6.01. The first kappa shape index (κ1) is 18.5. The highest BCUT2D eigenvalue weighted by Crippen LogP contribution is 2.78. The van der Waals surface area contributed by atoms with Gasteiger partial charge in [0, 0.05) is 16.7 Å². The van der Waals surface area contributed by atoms with Crippen LogP contribution in [0.4, 0.5) is 4.39 Å². The lowest BCUT2D eigenvalue weighted by atomic mass is 9.45. The van der Waals surface area contributed by atoms with Crippen LogP contribution < -0.4 is 0 Å². The van der Waals surface area contributed by atoms with Gasteiger partial charge >= 0.3 is 5.97 Å². The van der Waals surface area contributed by atoms with E-state index in [0.717, 1.165) is 0 Å². The van der Waals surface area contributed by atoms with E-state index in [0.29, 0.717) is 18.4 Å². The molecule has 1 heterocycles. The lowest BCUT2D eigenvalue weighted by molar-refractivity contribution is -0.211. The van der Waals surface area contributed by atoms with Crippen molar-refractivity contribution < 1.29 is 34.0 Å². The molecule has 6 nitrogen and oxygen atoms in total. The van der Waals surface area contributed by atoms with Crippen molar-refractivity contribution >= 4 is 11.8 Å². The zero-order valence-electron chi connectivity index (χ0n) is 15.9. The number of hydrogen-bond donors (Lipinski definition) is 3. The molecule has 0 amide bonds. The summed E-state index contributed by atoms with van der Waals surface area (Å²) in [6.45, 7) is 3.04. The molecule has 3 saturated carbocycles. The number of carbonyl (C=O) groups excluding carboxylic acids is 1. The van der Waals surface area contributed by atoms with E-state index >= 15 is 4.39 Å². The van der Waals surface area contributed by atoms with Crippen molar-refractivity contribution in [1.82, 2.24) is 0 Å². The first-order valence-electron chi connectivity index (χ1n) is 9.88. The van der Waals surface area contributed by atoms with Crippen LogP contribution in [0.5, 0.6) is 0 Å². The molecule has 0 aromatic heterocycles. The maximum Gasteiger partial charge on any atom is 0.339 e. The van der Waals surface area contributed by atoms with Gasteiger partial charge in [-0.25, -0.2) is 9.18 Å². The Kier molecular flexibility index (Phi) is 3.26. The normalized spacial score (nSPS) is 56.2. The molecule has 152 valence electrons. The van der Waals surface area contributed by atoms with E-state index in [1.165, 1.54) is 12.2 Å². The number of aliphatic hydroxyl groups is 2. The molecule has 3 N–H and O–H groups in total. The number of allylic oxidation sites excluding steroid dienone is 4. The van der Waals surface area contributed by atoms with E-state index in [9.17, 15) is 24.9 Å². The molecule has 5 rings (SSSR count). The molecule has 7 heteroatoms. The van der Waals surface area contributed by atoms with Crippen LogP contribution >= 0.6 is 0 Å². The number of hydrogen-bond acceptors (Lipinski definition) is 5. The SMILES string of the molecule is C[C@]12C=CC(=O)C=C1CC[C@H]1[C@@H]3C[C@@]4(CO)O[C@@]4(C(=O)O)[C@@]3(C)C[C@H](O)[C@@]12F. The summed E-state index contributed by atoms with van der Waals surface area (Å²) in [5, 5.41) is 31.0. The molecule has 0 unspecified atom stereocenters. The highest BCUT2D eigenvalue weighted by atomic mass is 19.1. The van der Waals surface area contributed by atoms with Crippen molar-refractivity contribution in [2.75, 3.05) is 6.61 Å². The lowest BCUT2D eigenvalue weighted by Gasteiger charge is -2.62. The molecule has 0 radical (unpaired) electrons. The molecule has 4 fully saturated rings. The number of ketones is 1. The van der Waals surface area contributed by atoms with E-state index in [4.69, 9.17) is 4.74 Å². The molecule has 4 aliphatic carbocycles. The van der Waals surface area contributed by atoms with E-state index in [1.54, 1.807) is 19.9 Å². The van der Waals surface area contributed by atoms with Gasteiger partial charge in [0.25, 0.3) is 0 Å². The molecule has 0 bridgehead atoms. The predicted octanol–water partition coefficient (Wildman–Crippen LogP) is 1.55. The molecule has 0 aromatic carbocycles. The molecule has 1 saturated heterocycles. The average Bonchev–Trinajstić information content (AvgIpc) is 3.27. The Morgan fingerprint density at radius 3 is 2.68 bits per heavy atom. The largest absolute Gasteiger partial charge is 0.479 e. The molecule has 5 aliphatic rings. The summed E-state index contributed by atoms with van der Waals surface area (Å²) < 4.78 is 22.5. The Morgan fingerprint density at radius 2 is 2.04 bits per heavy atom. The number of carboxylic acids is 1. The van der Waals surface area contributed by atoms with Gasteiger partial charge in [-0.1, -0.05) is 18.6 Å². The van der Waals surface area contributed by atoms with Crippen LogP contribution in [-0.4, -0.2) is 56.7 Å². The summed E-state index contributed by atoms with van der Waals surface area (Å²) in [4.78, 5) is 24.0. The zero-order valence-corrected chi connectivity index (χ0v) is 15.9. The monoisotopic (exact) mass is 392 g/mol. The number of carboxylic acid groups (broad SMARTS) is 1. The third-order valence-electron chi connectivity index (χ3n) is 8.89. The van der Waals surface area contributed by atoms with E-state index in [-0.39, 0.29) is 24.5 Å². The smallest absolute Gasteiger partial charge is 0.339 e. The van der Waals surface area contributed by atoms with Gasteiger partial charge in [-0.2, -0.15) is 0 Å². The Balaban J connectivity index is 1.64. The van der Waals surface area contributed by atoms with Crippen LogP contribution in [-0.2, 0) is 14.3 Å². The number of alkyl halides is 1.